The van der Waals surface area contributed by atoms with Gasteiger partial charge >= 0.3 is 0 Å². The molecule has 0 aromatic carbocycles. The van der Waals surface area contributed by atoms with Crippen LogP contribution in [0.4, 0.5) is 0 Å². The SMILES string of the molecule is N#Cc1ccc(S(=O)(=O)NCCNC2CCCCCC2)s1. The Hall–Kier alpha value is -0.940. The van der Waals surface area contributed by atoms with Crippen molar-refractivity contribution in [3.63, 3.8) is 0 Å². The molecule has 1 heterocycles. The minimum absolute atomic E-state index is 0.202. The fraction of sp³-hybridized carbons (Fsp3) is 0.643. The van der Waals surface area contributed by atoms with E-state index in [4.69, 9.17) is 5.26 Å². The van der Waals surface area contributed by atoms with Crippen LogP contribution in [0.25, 0.3) is 0 Å². The van der Waals surface area contributed by atoms with Crippen molar-refractivity contribution in [3.05, 3.63) is 17.0 Å². The van der Waals surface area contributed by atoms with Gasteiger partial charge in [0.2, 0.25) is 10.0 Å². The number of hydrogen-bond donors (Lipinski definition) is 2. The van der Waals surface area contributed by atoms with Crippen LogP contribution in [-0.2, 0) is 10.0 Å². The molecule has 1 saturated carbocycles. The predicted octanol–water partition coefficient (Wildman–Crippen LogP) is 2.21. The van der Waals surface area contributed by atoms with Crippen molar-refractivity contribution in [2.24, 2.45) is 0 Å². The molecule has 116 valence electrons. The van der Waals surface area contributed by atoms with Gasteiger partial charge in [0, 0.05) is 19.1 Å². The monoisotopic (exact) mass is 327 g/mol. The van der Waals surface area contributed by atoms with Gasteiger partial charge in [0.25, 0.3) is 0 Å². The molecule has 0 amide bonds. The summed E-state index contributed by atoms with van der Waals surface area (Å²) in [5.41, 5.74) is 0. The van der Waals surface area contributed by atoms with Crippen LogP contribution in [-0.4, -0.2) is 27.5 Å². The summed E-state index contributed by atoms with van der Waals surface area (Å²) in [6.07, 6.45) is 7.51. The molecule has 21 heavy (non-hydrogen) atoms. The van der Waals surface area contributed by atoms with E-state index in [0.29, 0.717) is 24.0 Å². The minimum Gasteiger partial charge on any atom is -0.313 e. The Morgan fingerprint density at radius 2 is 1.90 bits per heavy atom. The first kappa shape index (κ1) is 16.4. The zero-order valence-corrected chi connectivity index (χ0v) is 13.6. The molecule has 0 spiro atoms. The Morgan fingerprint density at radius 3 is 2.52 bits per heavy atom. The molecule has 1 aromatic rings. The van der Waals surface area contributed by atoms with E-state index in [1.807, 2.05) is 6.07 Å². The maximum atomic E-state index is 12.0. The van der Waals surface area contributed by atoms with E-state index < -0.39 is 10.0 Å². The average Bonchev–Trinajstić information content (AvgIpc) is 2.82. The number of nitrogens with zero attached hydrogens (tertiary/aromatic N) is 1. The largest absolute Gasteiger partial charge is 0.313 e. The summed E-state index contributed by atoms with van der Waals surface area (Å²) < 4.78 is 26.8. The highest BCUT2D eigenvalue weighted by Gasteiger charge is 2.16. The zero-order valence-electron chi connectivity index (χ0n) is 12.0. The third-order valence-electron chi connectivity index (χ3n) is 3.66. The van der Waals surface area contributed by atoms with Gasteiger partial charge in [-0.2, -0.15) is 5.26 Å². The Kier molecular flexibility index (Phi) is 6.18. The number of sulfonamides is 1. The molecule has 1 aliphatic carbocycles. The van der Waals surface area contributed by atoms with Gasteiger partial charge in [-0.1, -0.05) is 25.7 Å². The van der Waals surface area contributed by atoms with Crippen LogP contribution >= 0.6 is 11.3 Å². The first-order valence-electron chi connectivity index (χ1n) is 7.35. The van der Waals surface area contributed by atoms with Gasteiger partial charge in [-0.05, 0) is 25.0 Å². The van der Waals surface area contributed by atoms with Crippen molar-refractivity contribution in [2.45, 2.75) is 48.8 Å². The van der Waals surface area contributed by atoms with Crippen LogP contribution in [0.2, 0.25) is 0 Å². The molecule has 2 N–H and O–H groups in total. The molecule has 1 aromatic heterocycles. The summed E-state index contributed by atoms with van der Waals surface area (Å²) in [6, 6.07) is 5.47. The fourth-order valence-corrected chi connectivity index (χ4v) is 4.72. The van der Waals surface area contributed by atoms with Crippen LogP contribution in [0.5, 0.6) is 0 Å². The van der Waals surface area contributed by atoms with Crippen LogP contribution < -0.4 is 10.0 Å². The Labute approximate surface area is 130 Å². The second-order valence-electron chi connectivity index (χ2n) is 5.27. The van der Waals surface area contributed by atoms with Gasteiger partial charge in [-0.15, -0.1) is 11.3 Å². The minimum atomic E-state index is -3.48. The molecule has 5 nitrogen and oxygen atoms in total. The van der Waals surface area contributed by atoms with Gasteiger partial charge < -0.3 is 5.32 Å². The maximum Gasteiger partial charge on any atom is 0.250 e. The first-order valence-corrected chi connectivity index (χ1v) is 9.65. The summed E-state index contributed by atoms with van der Waals surface area (Å²) in [7, 11) is -3.48. The zero-order chi connectivity index (χ0) is 15.1. The number of rotatable bonds is 6. The van der Waals surface area contributed by atoms with Crippen LogP contribution in [0.15, 0.2) is 16.3 Å². The molecule has 0 aliphatic heterocycles. The lowest BCUT2D eigenvalue weighted by molar-refractivity contribution is 0.461. The molecule has 0 unspecified atom stereocenters. The molecular weight excluding hydrogens is 306 g/mol. The van der Waals surface area contributed by atoms with Crippen LogP contribution in [0, 0.1) is 11.3 Å². The number of nitrogens with one attached hydrogen (secondary N) is 2. The Balaban J connectivity index is 1.75. The van der Waals surface area contributed by atoms with Crippen molar-refractivity contribution in [2.75, 3.05) is 13.1 Å². The summed E-state index contributed by atoms with van der Waals surface area (Å²) in [5, 5.41) is 12.2. The van der Waals surface area contributed by atoms with E-state index in [1.54, 1.807) is 0 Å². The van der Waals surface area contributed by atoms with E-state index in [2.05, 4.69) is 10.0 Å². The quantitative estimate of drug-likeness (QED) is 0.620. The second-order valence-corrected chi connectivity index (χ2v) is 8.35. The molecule has 1 fully saturated rings. The molecule has 0 saturated heterocycles. The lowest BCUT2D eigenvalue weighted by atomic mass is 10.1. The summed E-state index contributed by atoms with van der Waals surface area (Å²) in [4.78, 5) is 0.409. The third-order valence-corrected chi connectivity index (χ3v) is 6.60. The Morgan fingerprint density at radius 1 is 1.19 bits per heavy atom. The second kappa shape index (κ2) is 7.90. The standard InChI is InChI=1S/C14H21N3O2S2/c15-11-13-7-8-14(20-13)21(18,19)17-10-9-16-12-5-3-1-2-4-6-12/h7-8,12,16-17H,1-6,9-10H2. The van der Waals surface area contributed by atoms with Crippen molar-refractivity contribution < 1.29 is 8.42 Å². The van der Waals surface area contributed by atoms with E-state index in [0.717, 1.165) is 11.3 Å². The number of thiophene rings is 1. The molecule has 2 rings (SSSR count). The summed E-state index contributed by atoms with van der Waals surface area (Å²) in [5.74, 6) is 0. The predicted molar refractivity (Wildman–Crippen MR) is 83.7 cm³/mol. The molecule has 0 atom stereocenters. The van der Waals surface area contributed by atoms with E-state index >= 15 is 0 Å². The third kappa shape index (κ3) is 5.08. The smallest absolute Gasteiger partial charge is 0.250 e. The summed E-state index contributed by atoms with van der Waals surface area (Å²) >= 11 is 0.997. The van der Waals surface area contributed by atoms with E-state index in [1.165, 1.54) is 50.7 Å². The fourth-order valence-electron chi connectivity index (χ4n) is 2.54. The van der Waals surface area contributed by atoms with Crippen molar-refractivity contribution in [1.82, 2.24) is 10.0 Å². The van der Waals surface area contributed by atoms with Gasteiger partial charge in [-0.25, -0.2) is 13.1 Å². The van der Waals surface area contributed by atoms with Gasteiger partial charge in [-0.3, -0.25) is 0 Å². The molecule has 7 heteroatoms. The highest BCUT2D eigenvalue weighted by molar-refractivity contribution is 7.91. The molecular formula is C14H21N3O2S2. The van der Waals surface area contributed by atoms with Gasteiger partial charge in [0.15, 0.2) is 0 Å². The molecule has 0 bridgehead atoms. The highest BCUT2D eigenvalue weighted by Crippen LogP contribution is 2.20. The van der Waals surface area contributed by atoms with Crippen molar-refractivity contribution >= 4 is 21.4 Å². The Bertz CT molecular complexity index is 582. The lowest BCUT2D eigenvalue weighted by Gasteiger charge is -2.16. The number of hydrogen-bond acceptors (Lipinski definition) is 5. The highest BCUT2D eigenvalue weighted by atomic mass is 32.2. The molecule has 0 radical (unpaired) electrons. The van der Waals surface area contributed by atoms with Crippen LogP contribution in [0.3, 0.4) is 0 Å². The van der Waals surface area contributed by atoms with Gasteiger partial charge in [0.1, 0.15) is 15.2 Å². The normalized spacial score (nSPS) is 17.3. The summed E-state index contributed by atoms with van der Waals surface area (Å²) in [6.45, 7) is 1.01. The first-order chi connectivity index (χ1) is 10.1. The van der Waals surface area contributed by atoms with E-state index in [-0.39, 0.29) is 4.21 Å². The van der Waals surface area contributed by atoms with Crippen LogP contribution in [0.1, 0.15) is 43.4 Å². The average molecular weight is 327 g/mol. The topological polar surface area (TPSA) is 82.0 Å². The maximum absolute atomic E-state index is 12.0. The van der Waals surface area contributed by atoms with E-state index in [9.17, 15) is 8.42 Å². The lowest BCUT2D eigenvalue weighted by Crippen LogP contribution is -2.36. The van der Waals surface area contributed by atoms with Gasteiger partial charge in [0.05, 0.1) is 0 Å². The van der Waals surface area contributed by atoms with Crippen molar-refractivity contribution in [1.29, 1.82) is 5.26 Å². The molecule has 1 aliphatic rings. The number of nitriles is 1. The van der Waals surface area contributed by atoms with Crippen molar-refractivity contribution in [3.8, 4) is 6.07 Å².